The summed E-state index contributed by atoms with van der Waals surface area (Å²) in [4.78, 5) is 0. The Hall–Kier alpha value is -2.29. The minimum Gasteiger partial charge on any atom is -0.269 e. The van der Waals surface area contributed by atoms with E-state index < -0.39 is 0 Å². The maximum absolute atomic E-state index is 5.98. The fourth-order valence-electron chi connectivity index (χ4n) is 1.96. The number of hydrogen-bond donors (Lipinski definition) is 1. The third kappa shape index (κ3) is 1.26. The van der Waals surface area contributed by atoms with Crippen LogP contribution >= 0.6 is 0 Å². The van der Waals surface area contributed by atoms with Gasteiger partial charge in [0, 0.05) is 0 Å². The van der Waals surface area contributed by atoms with E-state index in [-0.39, 0.29) is 0 Å². The third-order valence-corrected chi connectivity index (χ3v) is 2.67. The highest BCUT2D eigenvalue weighted by Crippen LogP contribution is 2.15. The molecule has 0 unspecified atom stereocenters. The van der Waals surface area contributed by atoms with Crippen molar-refractivity contribution in [3.8, 4) is 11.4 Å². The lowest BCUT2D eigenvalue weighted by Gasteiger charge is -1.95. The van der Waals surface area contributed by atoms with Crippen LogP contribution in [0.5, 0.6) is 0 Å². The van der Waals surface area contributed by atoms with Crippen molar-refractivity contribution in [3.63, 3.8) is 0 Å². The smallest absolute Gasteiger partial charge is 0.269 e. The van der Waals surface area contributed by atoms with Crippen LogP contribution in [0.25, 0.3) is 16.9 Å². The molecule has 0 saturated carbocycles. The molecule has 0 aliphatic heterocycles. The van der Waals surface area contributed by atoms with Crippen LogP contribution in [-0.2, 0) is 0 Å². The van der Waals surface area contributed by atoms with Crippen molar-refractivity contribution in [1.29, 1.82) is 0 Å². The standard InChI is InChI=1S/C13H12N3/c14-16-10-12-8-4-5-9-15(12)13(16)11-6-2-1-3-7-11/h1-10H,14H2/q+1. The molecule has 3 heteroatoms. The monoisotopic (exact) mass is 210 g/mol. The van der Waals surface area contributed by atoms with Gasteiger partial charge in [0.05, 0.1) is 11.8 Å². The summed E-state index contributed by atoms with van der Waals surface area (Å²) in [6.45, 7) is 0. The first kappa shape index (κ1) is 8.97. The van der Waals surface area contributed by atoms with Gasteiger partial charge >= 0.3 is 5.82 Å². The van der Waals surface area contributed by atoms with Crippen molar-refractivity contribution in [2.75, 3.05) is 5.84 Å². The van der Waals surface area contributed by atoms with Crippen LogP contribution in [-0.4, -0.2) is 4.68 Å². The largest absolute Gasteiger partial charge is 0.317 e. The quantitative estimate of drug-likeness (QED) is 0.480. The number of aromatic nitrogens is 2. The Kier molecular flexibility index (Phi) is 1.90. The number of imidazole rings is 1. The van der Waals surface area contributed by atoms with E-state index in [2.05, 4.69) is 16.5 Å². The van der Waals surface area contributed by atoms with E-state index in [1.807, 2.05) is 48.8 Å². The molecular formula is C13H12N3+. The first-order valence-electron chi connectivity index (χ1n) is 5.18. The molecule has 0 atom stereocenters. The van der Waals surface area contributed by atoms with Gasteiger partial charge < -0.3 is 0 Å². The predicted molar refractivity (Wildman–Crippen MR) is 63.2 cm³/mol. The van der Waals surface area contributed by atoms with Crippen molar-refractivity contribution in [1.82, 2.24) is 4.68 Å². The Morgan fingerprint density at radius 2 is 1.69 bits per heavy atom. The molecule has 0 saturated heterocycles. The summed E-state index contributed by atoms with van der Waals surface area (Å²) < 4.78 is 3.74. The normalized spacial score (nSPS) is 10.8. The topological polar surface area (TPSA) is 35.0 Å². The van der Waals surface area contributed by atoms with Gasteiger partial charge in [0.25, 0.3) is 0 Å². The molecule has 3 rings (SSSR count). The lowest BCUT2D eigenvalue weighted by Crippen LogP contribution is -2.24. The molecule has 0 bridgehead atoms. The number of fused-ring (bicyclic) bond motifs is 1. The van der Waals surface area contributed by atoms with Gasteiger partial charge in [0.15, 0.2) is 11.7 Å². The van der Waals surface area contributed by atoms with Gasteiger partial charge in [0.1, 0.15) is 0 Å². The molecule has 1 aromatic carbocycles. The van der Waals surface area contributed by atoms with Crippen LogP contribution < -0.4 is 10.2 Å². The minimum absolute atomic E-state index is 0.983. The van der Waals surface area contributed by atoms with E-state index in [1.54, 1.807) is 4.68 Å². The fourth-order valence-corrected chi connectivity index (χ4v) is 1.96. The van der Waals surface area contributed by atoms with Gasteiger partial charge in [0.2, 0.25) is 0 Å². The van der Waals surface area contributed by atoms with Crippen molar-refractivity contribution >= 4 is 5.52 Å². The number of nitrogen functional groups attached to an aromatic ring is 1. The van der Waals surface area contributed by atoms with Gasteiger partial charge in [-0.15, -0.1) is 4.68 Å². The number of benzene rings is 1. The Balaban J connectivity index is 2.35. The van der Waals surface area contributed by atoms with Gasteiger partial charge in [-0.1, -0.05) is 24.3 Å². The molecule has 16 heavy (non-hydrogen) atoms. The molecule has 0 radical (unpaired) electrons. The van der Waals surface area contributed by atoms with E-state index in [1.165, 1.54) is 0 Å². The van der Waals surface area contributed by atoms with Crippen LogP contribution in [0.15, 0.2) is 60.9 Å². The Morgan fingerprint density at radius 3 is 2.50 bits per heavy atom. The van der Waals surface area contributed by atoms with Gasteiger partial charge in [-0.2, -0.15) is 4.40 Å². The molecule has 0 aliphatic carbocycles. The molecule has 78 valence electrons. The second kappa shape index (κ2) is 3.38. The molecule has 3 nitrogen and oxygen atoms in total. The van der Waals surface area contributed by atoms with Crippen molar-refractivity contribution < 1.29 is 4.40 Å². The molecule has 0 spiro atoms. The maximum atomic E-state index is 5.98. The van der Waals surface area contributed by atoms with Crippen molar-refractivity contribution in [3.05, 3.63) is 60.9 Å². The van der Waals surface area contributed by atoms with Crippen LogP contribution in [0, 0.1) is 0 Å². The number of rotatable bonds is 1. The van der Waals surface area contributed by atoms with E-state index in [4.69, 9.17) is 5.84 Å². The van der Waals surface area contributed by atoms with Gasteiger partial charge in [-0.3, -0.25) is 5.84 Å². The highest BCUT2D eigenvalue weighted by molar-refractivity contribution is 5.55. The van der Waals surface area contributed by atoms with Crippen LogP contribution in [0.4, 0.5) is 0 Å². The summed E-state index contributed by atoms with van der Waals surface area (Å²) in [5.74, 6) is 6.96. The van der Waals surface area contributed by atoms with Gasteiger partial charge in [-0.05, 0) is 24.3 Å². The Bertz CT molecular complexity index is 626. The number of nitrogens with zero attached hydrogens (tertiary/aromatic N) is 2. The molecule has 2 aromatic heterocycles. The van der Waals surface area contributed by atoms with Crippen molar-refractivity contribution in [2.24, 2.45) is 0 Å². The Morgan fingerprint density at radius 1 is 0.938 bits per heavy atom. The summed E-state index contributed by atoms with van der Waals surface area (Å²) in [5, 5.41) is 0. The summed E-state index contributed by atoms with van der Waals surface area (Å²) in [6.07, 6.45) is 3.93. The lowest BCUT2D eigenvalue weighted by molar-refractivity contribution is -0.499. The molecule has 0 amide bonds. The minimum atomic E-state index is 0.983. The highest BCUT2D eigenvalue weighted by Gasteiger charge is 2.17. The summed E-state index contributed by atoms with van der Waals surface area (Å²) >= 11 is 0. The van der Waals surface area contributed by atoms with E-state index in [0.717, 1.165) is 16.9 Å². The average molecular weight is 210 g/mol. The fraction of sp³-hybridized carbons (Fsp3) is 0. The third-order valence-electron chi connectivity index (χ3n) is 2.67. The van der Waals surface area contributed by atoms with E-state index in [0.29, 0.717) is 0 Å². The lowest BCUT2D eigenvalue weighted by atomic mass is 10.2. The first-order chi connectivity index (χ1) is 7.86. The number of nitrogens with two attached hydrogens (primary N) is 1. The van der Waals surface area contributed by atoms with Gasteiger partial charge in [-0.25, -0.2) is 0 Å². The van der Waals surface area contributed by atoms with E-state index >= 15 is 0 Å². The predicted octanol–water partition coefficient (Wildman–Crippen LogP) is 1.61. The van der Waals surface area contributed by atoms with Crippen LogP contribution in [0.3, 0.4) is 0 Å². The zero-order valence-electron chi connectivity index (χ0n) is 8.75. The summed E-state index contributed by atoms with van der Waals surface area (Å²) in [5.41, 5.74) is 2.19. The average Bonchev–Trinajstić information content (AvgIpc) is 2.66. The zero-order chi connectivity index (χ0) is 11.0. The molecule has 2 heterocycles. The van der Waals surface area contributed by atoms with Crippen LogP contribution in [0.2, 0.25) is 0 Å². The SMILES string of the molecule is Nn1cc2cccc[n+]2c1-c1ccccc1. The molecule has 2 N–H and O–H groups in total. The number of hydrogen-bond acceptors (Lipinski definition) is 1. The number of pyridine rings is 1. The molecule has 0 fully saturated rings. The first-order valence-corrected chi connectivity index (χ1v) is 5.18. The summed E-state index contributed by atoms with van der Waals surface area (Å²) in [7, 11) is 0. The second-order valence-electron chi connectivity index (χ2n) is 3.72. The molecule has 3 aromatic rings. The zero-order valence-corrected chi connectivity index (χ0v) is 8.75. The summed E-state index contributed by atoms with van der Waals surface area (Å²) in [6, 6.07) is 16.2. The maximum Gasteiger partial charge on any atom is 0.317 e. The molecular weight excluding hydrogens is 198 g/mol. The highest BCUT2D eigenvalue weighted by atomic mass is 15.3. The Labute approximate surface area is 93.3 Å². The van der Waals surface area contributed by atoms with E-state index in [9.17, 15) is 0 Å². The van der Waals surface area contributed by atoms with Crippen LogP contribution in [0.1, 0.15) is 0 Å². The second-order valence-corrected chi connectivity index (χ2v) is 3.72. The van der Waals surface area contributed by atoms with Crippen molar-refractivity contribution in [2.45, 2.75) is 0 Å². The molecule has 0 aliphatic rings.